The standard InChI is InChI=1S/C73H116O6/c1-4-7-10-13-16-19-22-25-28-30-32-33-34-35-36-37-38-39-41-42-45-48-51-54-57-60-63-66-72(75)78-69-70(68-77-71(74)65-62-59-56-53-50-47-44-27-24-21-18-15-12-9-6-3)79-73(76)67-64-61-58-55-52-49-46-43-40-31-29-26-23-20-17-14-11-8-5-2/h7-8,10-11,16-17,19-20,25-26,28-29,32-33,35-36,38-40,42-43,45,49,51-52,54,70H,4-6,9,12-15,18,21-24,27,30-31,34,37,41,44,46-48,50,53,55-69H2,1-3H3/b10-7-,11-8-,19-16-,20-17-,28-25-,29-26-,33-32-,36-35-,39-38-,43-40-,45-42-,52-49-,54-51-. The Morgan fingerprint density at radius 2 is 0.494 bits per heavy atom. The number of allylic oxidation sites excluding steroid dienone is 26. The lowest BCUT2D eigenvalue weighted by atomic mass is 10.0. The number of carbonyl (C=O) groups excluding carboxylic acids is 3. The van der Waals surface area contributed by atoms with Gasteiger partial charge in [0.1, 0.15) is 13.2 Å². The number of carbonyl (C=O) groups is 3. The Morgan fingerprint density at radius 3 is 0.797 bits per heavy atom. The molecule has 0 saturated carbocycles. The normalized spacial score (nSPS) is 13.2. The Balaban J connectivity index is 4.52. The molecular weight excluding hydrogens is 973 g/mol. The highest BCUT2D eigenvalue weighted by atomic mass is 16.6. The van der Waals surface area contributed by atoms with E-state index in [4.69, 9.17) is 14.2 Å². The van der Waals surface area contributed by atoms with E-state index in [1.165, 1.54) is 77.0 Å². The Bertz CT molecular complexity index is 1780. The number of esters is 3. The average Bonchev–Trinajstić information content (AvgIpc) is 3.45. The molecule has 0 N–H and O–H groups in total. The summed E-state index contributed by atoms with van der Waals surface area (Å²) in [4.78, 5) is 38.3. The highest BCUT2D eigenvalue weighted by Gasteiger charge is 2.19. The maximum atomic E-state index is 12.9. The zero-order valence-corrected chi connectivity index (χ0v) is 50.8. The second-order valence-corrected chi connectivity index (χ2v) is 20.6. The molecule has 0 amide bonds. The van der Waals surface area contributed by atoms with Crippen molar-refractivity contribution in [1.29, 1.82) is 0 Å². The molecule has 0 bridgehead atoms. The molecule has 1 atom stereocenters. The SMILES string of the molecule is CC/C=C\C/C=C\C/C=C\C/C=C\C/C=C\C/C=C\C/C=C\C/C=C\CCCCC(=O)OCC(COC(=O)CCCCCCCCCCCCCCCCC)OC(=O)CCCCC/C=C\C/C=C\C/C=C\C/C=C\C/C=C\CC. The van der Waals surface area contributed by atoms with Gasteiger partial charge in [-0.3, -0.25) is 14.4 Å². The van der Waals surface area contributed by atoms with Gasteiger partial charge >= 0.3 is 17.9 Å². The van der Waals surface area contributed by atoms with E-state index in [9.17, 15) is 14.4 Å². The predicted molar refractivity (Wildman–Crippen MR) is 343 cm³/mol. The van der Waals surface area contributed by atoms with E-state index in [1.54, 1.807) is 0 Å². The zero-order chi connectivity index (χ0) is 57.1. The number of unbranched alkanes of at least 4 members (excludes halogenated alkanes) is 19. The summed E-state index contributed by atoms with van der Waals surface area (Å²) in [5.74, 6) is -0.989. The van der Waals surface area contributed by atoms with Crippen LogP contribution in [0.5, 0.6) is 0 Å². The van der Waals surface area contributed by atoms with Crippen molar-refractivity contribution in [2.75, 3.05) is 13.2 Å². The number of rotatable bonds is 56. The summed E-state index contributed by atoms with van der Waals surface area (Å²) in [7, 11) is 0. The Morgan fingerprint density at radius 1 is 0.266 bits per heavy atom. The third kappa shape index (κ3) is 63.7. The van der Waals surface area contributed by atoms with Gasteiger partial charge in [-0.05, 0) is 128 Å². The van der Waals surface area contributed by atoms with Gasteiger partial charge in [0, 0.05) is 19.3 Å². The second kappa shape index (κ2) is 65.5. The molecule has 444 valence electrons. The first-order valence-corrected chi connectivity index (χ1v) is 32.0. The monoisotopic (exact) mass is 1090 g/mol. The van der Waals surface area contributed by atoms with Crippen molar-refractivity contribution in [3.05, 3.63) is 158 Å². The number of hydrogen-bond acceptors (Lipinski definition) is 6. The molecule has 0 spiro atoms. The molecule has 0 aliphatic carbocycles. The molecule has 0 aromatic heterocycles. The summed E-state index contributed by atoms with van der Waals surface area (Å²) in [5, 5.41) is 0. The minimum atomic E-state index is -0.821. The lowest BCUT2D eigenvalue weighted by molar-refractivity contribution is -0.167. The first-order chi connectivity index (χ1) is 39.0. The van der Waals surface area contributed by atoms with Crippen LogP contribution >= 0.6 is 0 Å². The highest BCUT2D eigenvalue weighted by molar-refractivity contribution is 5.71. The lowest BCUT2D eigenvalue weighted by Crippen LogP contribution is -2.30. The molecule has 6 nitrogen and oxygen atoms in total. The first-order valence-electron chi connectivity index (χ1n) is 32.0. The fourth-order valence-electron chi connectivity index (χ4n) is 8.31. The average molecular weight is 1090 g/mol. The third-order valence-electron chi connectivity index (χ3n) is 13.0. The van der Waals surface area contributed by atoms with E-state index in [0.717, 1.165) is 135 Å². The maximum Gasteiger partial charge on any atom is 0.306 e. The van der Waals surface area contributed by atoms with Crippen molar-refractivity contribution in [2.24, 2.45) is 0 Å². The smallest absolute Gasteiger partial charge is 0.306 e. The zero-order valence-electron chi connectivity index (χ0n) is 50.8. The van der Waals surface area contributed by atoms with Crippen molar-refractivity contribution in [3.8, 4) is 0 Å². The topological polar surface area (TPSA) is 78.9 Å². The summed E-state index contributed by atoms with van der Waals surface area (Å²) < 4.78 is 16.9. The van der Waals surface area contributed by atoms with Crippen LogP contribution in [0.2, 0.25) is 0 Å². The molecule has 0 aromatic rings. The predicted octanol–water partition coefficient (Wildman–Crippen LogP) is 22.1. The van der Waals surface area contributed by atoms with Crippen LogP contribution in [0.4, 0.5) is 0 Å². The largest absolute Gasteiger partial charge is 0.462 e. The van der Waals surface area contributed by atoms with Gasteiger partial charge in [-0.15, -0.1) is 0 Å². The van der Waals surface area contributed by atoms with E-state index in [0.29, 0.717) is 19.3 Å². The van der Waals surface area contributed by atoms with Gasteiger partial charge in [-0.2, -0.15) is 0 Å². The molecule has 0 aliphatic heterocycles. The molecular formula is C73H116O6. The van der Waals surface area contributed by atoms with Crippen molar-refractivity contribution >= 4 is 17.9 Å². The van der Waals surface area contributed by atoms with Crippen molar-refractivity contribution < 1.29 is 28.6 Å². The highest BCUT2D eigenvalue weighted by Crippen LogP contribution is 2.15. The lowest BCUT2D eigenvalue weighted by Gasteiger charge is -2.18. The summed E-state index contributed by atoms with van der Waals surface area (Å²) in [6, 6.07) is 0. The van der Waals surface area contributed by atoms with E-state index in [2.05, 4.69) is 179 Å². The van der Waals surface area contributed by atoms with E-state index in [1.807, 2.05) is 0 Å². The molecule has 6 heteroatoms. The van der Waals surface area contributed by atoms with Crippen molar-refractivity contribution in [2.45, 2.75) is 271 Å². The van der Waals surface area contributed by atoms with Crippen LogP contribution in [0.15, 0.2) is 158 Å². The summed E-state index contributed by atoms with van der Waals surface area (Å²) >= 11 is 0. The van der Waals surface area contributed by atoms with Gasteiger partial charge in [0.15, 0.2) is 6.10 Å². The fourth-order valence-corrected chi connectivity index (χ4v) is 8.31. The molecule has 0 fully saturated rings. The van der Waals surface area contributed by atoms with Crippen LogP contribution < -0.4 is 0 Å². The van der Waals surface area contributed by atoms with Crippen LogP contribution in [0.3, 0.4) is 0 Å². The van der Waals surface area contributed by atoms with E-state index in [-0.39, 0.29) is 44.0 Å². The first kappa shape index (κ1) is 74.0. The molecule has 79 heavy (non-hydrogen) atoms. The van der Waals surface area contributed by atoms with Gasteiger partial charge in [-0.1, -0.05) is 275 Å². The Hall–Kier alpha value is -4.97. The molecule has 0 aromatic carbocycles. The van der Waals surface area contributed by atoms with Crippen LogP contribution in [0.25, 0.3) is 0 Å². The van der Waals surface area contributed by atoms with Gasteiger partial charge in [0.2, 0.25) is 0 Å². The molecule has 0 saturated heterocycles. The number of ether oxygens (including phenoxy) is 3. The second-order valence-electron chi connectivity index (χ2n) is 20.6. The molecule has 0 heterocycles. The van der Waals surface area contributed by atoms with Crippen LogP contribution in [0.1, 0.15) is 265 Å². The van der Waals surface area contributed by atoms with Crippen molar-refractivity contribution in [1.82, 2.24) is 0 Å². The quantitative estimate of drug-likeness (QED) is 0.0261. The van der Waals surface area contributed by atoms with E-state index < -0.39 is 6.10 Å². The molecule has 1 unspecified atom stereocenters. The third-order valence-corrected chi connectivity index (χ3v) is 13.0. The molecule has 0 radical (unpaired) electrons. The van der Waals surface area contributed by atoms with E-state index >= 15 is 0 Å². The summed E-state index contributed by atoms with van der Waals surface area (Å²) in [6.45, 7) is 6.35. The van der Waals surface area contributed by atoms with Crippen LogP contribution in [-0.4, -0.2) is 37.2 Å². The molecule has 0 aliphatic rings. The van der Waals surface area contributed by atoms with Crippen LogP contribution in [0, 0.1) is 0 Å². The van der Waals surface area contributed by atoms with Crippen molar-refractivity contribution in [3.63, 3.8) is 0 Å². The van der Waals surface area contributed by atoms with Gasteiger partial charge in [-0.25, -0.2) is 0 Å². The minimum absolute atomic E-state index is 0.110. The maximum absolute atomic E-state index is 12.9. The minimum Gasteiger partial charge on any atom is -0.462 e. The summed E-state index contributed by atoms with van der Waals surface area (Å²) in [5.41, 5.74) is 0. The molecule has 0 rings (SSSR count). The Labute approximate surface area is 486 Å². The van der Waals surface area contributed by atoms with Gasteiger partial charge in [0.05, 0.1) is 0 Å². The van der Waals surface area contributed by atoms with Gasteiger partial charge in [0.25, 0.3) is 0 Å². The fraction of sp³-hybridized carbons (Fsp3) is 0.603. The summed E-state index contributed by atoms with van der Waals surface area (Å²) in [6.07, 6.45) is 95.3. The number of hydrogen-bond donors (Lipinski definition) is 0. The van der Waals surface area contributed by atoms with Gasteiger partial charge < -0.3 is 14.2 Å². The Kier molecular flexibility index (Phi) is 61.4. The van der Waals surface area contributed by atoms with Crippen LogP contribution in [-0.2, 0) is 28.6 Å².